The second-order valence-electron chi connectivity index (χ2n) is 16.1. The van der Waals surface area contributed by atoms with Gasteiger partial charge in [-0.25, -0.2) is 0 Å². The molecule has 0 aromatic heterocycles. The molecule has 4 aromatic carbocycles. The summed E-state index contributed by atoms with van der Waals surface area (Å²) < 4.78 is 0. The Hall–Kier alpha value is -2.59. The monoisotopic (exact) mass is 662 g/mol. The molecule has 4 aromatic rings. The maximum atomic E-state index is 12.3. The number of ketones is 1. The molecule has 0 N–H and O–H groups in total. The summed E-state index contributed by atoms with van der Waals surface area (Å²) in [5.41, 5.74) is 5.42. The lowest BCUT2D eigenvalue weighted by Crippen LogP contribution is -2.34. The minimum absolute atomic E-state index is 0.0251. The number of carbonyl (C=O) groups is 1. The Morgan fingerprint density at radius 3 is 1.26 bits per heavy atom. The largest absolute Gasteiger partial charge is 0.300 e. The molecule has 0 bridgehead atoms. The molecule has 47 heavy (non-hydrogen) atoms. The van der Waals surface area contributed by atoms with E-state index in [0.717, 1.165) is 12.8 Å². The van der Waals surface area contributed by atoms with Crippen LogP contribution in [0.1, 0.15) is 100 Å². The summed E-state index contributed by atoms with van der Waals surface area (Å²) in [7, 11) is -0.696. The maximum Gasteiger partial charge on any atom is 0.133 e. The Balaban J connectivity index is 0.000000185. The molecular formula is C44H56OP2. The lowest BCUT2D eigenvalue weighted by molar-refractivity contribution is -0.119. The number of hydrogen-bond acceptors (Lipinski definition) is 1. The molecule has 2 heterocycles. The van der Waals surface area contributed by atoms with Crippen LogP contribution in [-0.2, 0) is 4.79 Å². The van der Waals surface area contributed by atoms with Gasteiger partial charge in [-0.2, -0.15) is 0 Å². The van der Waals surface area contributed by atoms with Gasteiger partial charge in [0.25, 0.3) is 0 Å². The molecule has 6 rings (SSSR count). The van der Waals surface area contributed by atoms with Gasteiger partial charge >= 0.3 is 0 Å². The summed E-state index contributed by atoms with van der Waals surface area (Å²) in [5.74, 6) is 0.426. The number of Topliss-reactive ketones (excluding diaryl/α,β-unsaturated/α-hetero) is 1. The van der Waals surface area contributed by atoms with Crippen LogP contribution in [0.3, 0.4) is 0 Å². The average Bonchev–Trinajstić information content (AvgIpc) is 3.19. The summed E-state index contributed by atoms with van der Waals surface area (Å²) in [6.07, 6.45) is 7.88. The molecule has 2 aliphatic heterocycles. The topological polar surface area (TPSA) is 17.1 Å². The van der Waals surface area contributed by atoms with Crippen LogP contribution in [0.2, 0.25) is 0 Å². The van der Waals surface area contributed by atoms with Crippen LogP contribution in [0.4, 0.5) is 0 Å². The van der Waals surface area contributed by atoms with Gasteiger partial charge in [0.2, 0.25) is 0 Å². The second-order valence-corrected chi connectivity index (χ2v) is 23.3. The number of benzene rings is 4. The Kier molecular flexibility index (Phi) is 11.0. The van der Waals surface area contributed by atoms with Crippen LogP contribution >= 0.6 is 15.8 Å². The maximum absolute atomic E-state index is 12.3. The van der Waals surface area contributed by atoms with E-state index < -0.39 is 7.92 Å². The normalized spacial score (nSPS) is 21.9. The Labute approximate surface area is 288 Å². The molecule has 2 aliphatic rings. The van der Waals surface area contributed by atoms with Crippen molar-refractivity contribution >= 4 is 32.2 Å². The molecule has 3 heteroatoms. The quantitative estimate of drug-likeness (QED) is 0.199. The van der Waals surface area contributed by atoms with Gasteiger partial charge in [-0.05, 0) is 72.7 Å². The van der Waals surface area contributed by atoms with Gasteiger partial charge in [-0.15, -0.1) is 0 Å². The SMILES string of the molecule is CC1(C)CCC(=O)CC(C)(C)P1c1ccccc1-c1ccccc1.CC1(C)CCCCC(C)(C)P1c1ccccc1-c1ccccc1. The zero-order valence-corrected chi connectivity index (χ0v) is 31.9. The van der Waals surface area contributed by atoms with E-state index in [4.69, 9.17) is 0 Å². The number of rotatable bonds is 4. The smallest absolute Gasteiger partial charge is 0.133 e. The van der Waals surface area contributed by atoms with Crippen LogP contribution in [0.25, 0.3) is 22.3 Å². The van der Waals surface area contributed by atoms with Gasteiger partial charge in [-0.1, -0.05) is 193 Å². The van der Waals surface area contributed by atoms with Crippen LogP contribution < -0.4 is 10.6 Å². The number of carbonyl (C=O) groups excluding carboxylic acids is 1. The molecule has 0 saturated carbocycles. The van der Waals surface area contributed by atoms with Crippen molar-refractivity contribution in [2.75, 3.05) is 0 Å². The van der Waals surface area contributed by atoms with E-state index in [1.807, 2.05) is 0 Å². The summed E-state index contributed by atoms with van der Waals surface area (Å²) >= 11 is 0. The summed E-state index contributed by atoms with van der Waals surface area (Å²) in [5, 5.41) is 4.04. The first-order valence-electron chi connectivity index (χ1n) is 17.6. The average molecular weight is 663 g/mol. The van der Waals surface area contributed by atoms with E-state index >= 15 is 0 Å². The van der Waals surface area contributed by atoms with Crippen LogP contribution in [0.15, 0.2) is 109 Å². The first kappa shape index (κ1) is 35.7. The molecular weight excluding hydrogens is 606 g/mol. The summed E-state index contributed by atoms with van der Waals surface area (Å²) in [4.78, 5) is 12.3. The summed E-state index contributed by atoms with van der Waals surface area (Å²) in [6, 6.07) is 39.6. The third-order valence-electron chi connectivity index (χ3n) is 10.4. The third-order valence-corrected chi connectivity index (χ3v) is 17.8. The van der Waals surface area contributed by atoms with Crippen molar-refractivity contribution in [1.82, 2.24) is 0 Å². The highest BCUT2D eigenvalue weighted by atomic mass is 31.1. The highest BCUT2D eigenvalue weighted by Crippen LogP contribution is 2.65. The predicted octanol–water partition coefficient (Wildman–Crippen LogP) is 12.4. The van der Waals surface area contributed by atoms with E-state index in [1.54, 1.807) is 5.30 Å². The van der Waals surface area contributed by atoms with Crippen molar-refractivity contribution < 1.29 is 4.79 Å². The molecule has 0 radical (unpaired) electrons. The van der Waals surface area contributed by atoms with Crippen molar-refractivity contribution in [3.63, 3.8) is 0 Å². The zero-order valence-electron chi connectivity index (χ0n) is 30.1. The Morgan fingerprint density at radius 2 is 0.809 bits per heavy atom. The van der Waals surface area contributed by atoms with Crippen LogP contribution in [0, 0.1) is 0 Å². The van der Waals surface area contributed by atoms with Gasteiger partial charge in [0.1, 0.15) is 5.78 Å². The van der Waals surface area contributed by atoms with E-state index in [9.17, 15) is 4.79 Å². The molecule has 0 aliphatic carbocycles. The van der Waals surface area contributed by atoms with Crippen LogP contribution in [0.5, 0.6) is 0 Å². The summed E-state index contributed by atoms with van der Waals surface area (Å²) in [6.45, 7) is 19.3. The fourth-order valence-corrected chi connectivity index (χ4v) is 17.2. The van der Waals surface area contributed by atoms with Crippen molar-refractivity contribution in [2.45, 2.75) is 121 Å². The molecule has 248 valence electrons. The highest BCUT2D eigenvalue weighted by Gasteiger charge is 2.46. The molecule has 2 fully saturated rings. The van der Waals surface area contributed by atoms with Gasteiger partial charge in [-0.3, -0.25) is 4.79 Å². The molecule has 0 spiro atoms. The number of hydrogen-bond donors (Lipinski definition) is 0. The van der Waals surface area contributed by atoms with Crippen molar-refractivity contribution in [3.05, 3.63) is 109 Å². The molecule has 0 amide bonds. The standard InChI is InChI=1S/C22H27OP.C22H29P/c1-21(2)15-14-18(23)16-22(3,4)24(21)20-13-9-8-12-19(20)17-10-6-5-7-11-17;1-21(2)16-10-11-17-22(3,4)23(21)20-15-9-8-14-19(20)18-12-6-5-7-13-18/h5-13H,14-16H2,1-4H3;5-9,12-15H,10-11,16-17H2,1-4H3. The minimum Gasteiger partial charge on any atom is -0.300 e. The van der Waals surface area contributed by atoms with Gasteiger partial charge in [0.15, 0.2) is 0 Å². The fourth-order valence-electron chi connectivity index (χ4n) is 8.55. The van der Waals surface area contributed by atoms with Crippen molar-refractivity contribution in [3.8, 4) is 22.3 Å². The second kappa shape index (κ2) is 14.5. The first-order valence-corrected chi connectivity index (χ1v) is 20.3. The van der Waals surface area contributed by atoms with Gasteiger partial charge in [0, 0.05) is 12.8 Å². The van der Waals surface area contributed by atoms with Crippen molar-refractivity contribution in [2.24, 2.45) is 0 Å². The lowest BCUT2D eigenvalue weighted by Gasteiger charge is -2.44. The Bertz CT molecular complexity index is 1620. The van der Waals surface area contributed by atoms with E-state index in [1.165, 1.54) is 53.2 Å². The van der Waals surface area contributed by atoms with E-state index in [2.05, 4.69) is 165 Å². The first-order chi connectivity index (χ1) is 22.2. The van der Waals surface area contributed by atoms with Gasteiger partial charge < -0.3 is 0 Å². The zero-order chi connectivity index (χ0) is 33.9. The lowest BCUT2D eigenvalue weighted by atomic mass is 10.00. The van der Waals surface area contributed by atoms with E-state index in [0.29, 0.717) is 22.5 Å². The van der Waals surface area contributed by atoms with Crippen molar-refractivity contribution in [1.29, 1.82) is 0 Å². The molecule has 1 atom stereocenters. The molecule has 1 nitrogen and oxygen atoms in total. The fraction of sp³-hybridized carbons (Fsp3) is 0.432. The molecule has 1 unspecified atom stereocenters. The Morgan fingerprint density at radius 1 is 0.447 bits per heavy atom. The van der Waals surface area contributed by atoms with Gasteiger partial charge in [0.05, 0.1) is 0 Å². The van der Waals surface area contributed by atoms with E-state index in [-0.39, 0.29) is 18.2 Å². The minimum atomic E-state index is -0.472. The van der Waals surface area contributed by atoms with Crippen LogP contribution in [-0.4, -0.2) is 26.4 Å². The highest BCUT2D eigenvalue weighted by molar-refractivity contribution is 7.69. The predicted molar refractivity (Wildman–Crippen MR) is 211 cm³/mol. The molecule has 2 saturated heterocycles. The third kappa shape index (κ3) is 8.18.